The molecule has 0 radical (unpaired) electrons. The molecule has 3 rings (SSSR count). The molecule has 1 aromatic carbocycles. The minimum absolute atomic E-state index is 0.0254. The summed E-state index contributed by atoms with van der Waals surface area (Å²) in [6.07, 6.45) is 2.89. The molecule has 0 N–H and O–H groups in total. The summed E-state index contributed by atoms with van der Waals surface area (Å²) in [5.41, 5.74) is 3.56. The van der Waals surface area contributed by atoms with Crippen LogP contribution >= 0.6 is 0 Å². The SMILES string of the molecule is Cc1cc(C(=O)N2CCc3c(ccn3C)C2)ccc1F. The summed E-state index contributed by atoms with van der Waals surface area (Å²) in [4.78, 5) is 14.3. The summed E-state index contributed by atoms with van der Waals surface area (Å²) in [7, 11) is 2.03. The van der Waals surface area contributed by atoms with Crippen LogP contribution in [0.2, 0.25) is 0 Å². The number of carbonyl (C=O) groups is 1. The molecule has 0 spiro atoms. The molecular formula is C16H17FN2O. The molecule has 0 atom stereocenters. The molecule has 2 heterocycles. The van der Waals surface area contributed by atoms with E-state index in [-0.39, 0.29) is 11.7 Å². The Balaban J connectivity index is 1.83. The van der Waals surface area contributed by atoms with Crippen LogP contribution < -0.4 is 0 Å². The van der Waals surface area contributed by atoms with Gasteiger partial charge in [-0.25, -0.2) is 4.39 Å². The quantitative estimate of drug-likeness (QED) is 0.783. The van der Waals surface area contributed by atoms with Crippen molar-refractivity contribution in [3.8, 4) is 0 Å². The van der Waals surface area contributed by atoms with Gasteiger partial charge in [0.1, 0.15) is 5.82 Å². The van der Waals surface area contributed by atoms with E-state index >= 15 is 0 Å². The topological polar surface area (TPSA) is 25.2 Å². The first kappa shape index (κ1) is 12.9. The van der Waals surface area contributed by atoms with Gasteiger partial charge in [-0.3, -0.25) is 4.79 Å². The van der Waals surface area contributed by atoms with Crippen LogP contribution in [0.5, 0.6) is 0 Å². The van der Waals surface area contributed by atoms with E-state index < -0.39 is 0 Å². The average Bonchev–Trinajstić information content (AvgIpc) is 2.82. The first-order valence-electron chi connectivity index (χ1n) is 6.75. The van der Waals surface area contributed by atoms with E-state index in [1.165, 1.54) is 17.3 Å². The minimum Gasteiger partial charge on any atom is -0.354 e. The van der Waals surface area contributed by atoms with Gasteiger partial charge < -0.3 is 9.47 Å². The van der Waals surface area contributed by atoms with Crippen molar-refractivity contribution in [1.82, 2.24) is 9.47 Å². The zero-order valence-corrected chi connectivity index (χ0v) is 11.7. The highest BCUT2D eigenvalue weighted by molar-refractivity contribution is 5.94. The molecule has 0 unspecified atom stereocenters. The molecule has 0 saturated heterocycles. The highest BCUT2D eigenvalue weighted by Crippen LogP contribution is 2.21. The molecule has 0 fully saturated rings. The lowest BCUT2D eigenvalue weighted by atomic mass is 10.1. The predicted octanol–water partition coefficient (Wildman–Crippen LogP) is 2.67. The Kier molecular flexibility index (Phi) is 3.08. The van der Waals surface area contributed by atoms with Crippen LogP contribution in [-0.2, 0) is 20.0 Å². The van der Waals surface area contributed by atoms with Gasteiger partial charge in [0.25, 0.3) is 5.91 Å². The van der Waals surface area contributed by atoms with Crippen LogP contribution in [-0.4, -0.2) is 21.9 Å². The number of halogens is 1. The second kappa shape index (κ2) is 4.78. The van der Waals surface area contributed by atoms with Gasteiger partial charge in [-0.1, -0.05) is 0 Å². The summed E-state index contributed by atoms with van der Waals surface area (Å²) in [6.45, 7) is 3.02. The molecule has 2 aromatic rings. The Hall–Kier alpha value is -2.10. The molecule has 20 heavy (non-hydrogen) atoms. The van der Waals surface area contributed by atoms with Crippen molar-refractivity contribution in [3.05, 3.63) is 58.7 Å². The van der Waals surface area contributed by atoms with Gasteiger partial charge in [0.15, 0.2) is 0 Å². The summed E-state index contributed by atoms with van der Waals surface area (Å²) < 4.78 is 15.4. The molecule has 1 amide bonds. The largest absolute Gasteiger partial charge is 0.354 e. The fraction of sp³-hybridized carbons (Fsp3) is 0.312. The number of benzene rings is 1. The number of hydrogen-bond acceptors (Lipinski definition) is 1. The van der Waals surface area contributed by atoms with E-state index in [0.29, 0.717) is 24.2 Å². The highest BCUT2D eigenvalue weighted by Gasteiger charge is 2.23. The van der Waals surface area contributed by atoms with Gasteiger partial charge in [-0.05, 0) is 42.3 Å². The smallest absolute Gasteiger partial charge is 0.254 e. The van der Waals surface area contributed by atoms with Crippen LogP contribution in [0.15, 0.2) is 30.5 Å². The maximum Gasteiger partial charge on any atom is 0.254 e. The second-order valence-corrected chi connectivity index (χ2v) is 5.34. The number of carbonyl (C=O) groups excluding carboxylic acids is 1. The van der Waals surface area contributed by atoms with Crippen molar-refractivity contribution in [2.24, 2.45) is 7.05 Å². The number of aryl methyl sites for hydroxylation is 2. The fourth-order valence-electron chi connectivity index (χ4n) is 2.75. The molecule has 3 nitrogen and oxygen atoms in total. The summed E-state index contributed by atoms with van der Waals surface area (Å²) in [6, 6.07) is 6.61. The molecule has 104 valence electrons. The molecule has 0 aliphatic carbocycles. The second-order valence-electron chi connectivity index (χ2n) is 5.34. The van der Waals surface area contributed by atoms with E-state index in [0.717, 1.165) is 6.42 Å². The molecule has 0 bridgehead atoms. The third-order valence-corrected chi connectivity index (χ3v) is 3.97. The number of nitrogens with zero attached hydrogens (tertiary/aromatic N) is 2. The van der Waals surface area contributed by atoms with Gasteiger partial charge >= 0.3 is 0 Å². The zero-order valence-electron chi connectivity index (χ0n) is 11.7. The third kappa shape index (κ3) is 2.11. The lowest BCUT2D eigenvalue weighted by Crippen LogP contribution is -2.36. The maximum atomic E-state index is 13.3. The van der Waals surface area contributed by atoms with Gasteiger partial charge in [0.05, 0.1) is 0 Å². The van der Waals surface area contributed by atoms with E-state index in [1.807, 2.05) is 18.1 Å². The fourth-order valence-corrected chi connectivity index (χ4v) is 2.75. The number of amides is 1. The first-order chi connectivity index (χ1) is 9.56. The van der Waals surface area contributed by atoms with Crippen molar-refractivity contribution >= 4 is 5.91 Å². The van der Waals surface area contributed by atoms with Crippen LogP contribution in [0.25, 0.3) is 0 Å². The van der Waals surface area contributed by atoms with E-state index in [4.69, 9.17) is 0 Å². The van der Waals surface area contributed by atoms with Crippen LogP contribution in [0.3, 0.4) is 0 Å². The van der Waals surface area contributed by atoms with Gasteiger partial charge in [0.2, 0.25) is 0 Å². The maximum absolute atomic E-state index is 13.3. The lowest BCUT2D eigenvalue weighted by Gasteiger charge is -2.28. The third-order valence-electron chi connectivity index (χ3n) is 3.97. The van der Waals surface area contributed by atoms with Crippen LogP contribution in [0.1, 0.15) is 27.2 Å². The summed E-state index contributed by atoms with van der Waals surface area (Å²) in [5.74, 6) is -0.298. The lowest BCUT2D eigenvalue weighted by molar-refractivity contribution is 0.0733. The minimum atomic E-state index is -0.273. The Morgan fingerprint density at radius 3 is 2.85 bits per heavy atom. The van der Waals surface area contributed by atoms with Crippen molar-refractivity contribution in [2.75, 3.05) is 6.54 Å². The Bertz CT molecular complexity index is 675. The normalized spacial score (nSPS) is 14.2. The van der Waals surface area contributed by atoms with E-state index in [9.17, 15) is 9.18 Å². The molecule has 4 heteroatoms. The monoisotopic (exact) mass is 272 g/mol. The van der Waals surface area contributed by atoms with Gasteiger partial charge in [-0.2, -0.15) is 0 Å². The molecule has 1 aliphatic heterocycles. The van der Waals surface area contributed by atoms with Crippen LogP contribution in [0, 0.1) is 12.7 Å². The van der Waals surface area contributed by atoms with Crippen molar-refractivity contribution in [3.63, 3.8) is 0 Å². The first-order valence-corrected chi connectivity index (χ1v) is 6.75. The predicted molar refractivity (Wildman–Crippen MR) is 75.0 cm³/mol. The van der Waals surface area contributed by atoms with Crippen molar-refractivity contribution in [2.45, 2.75) is 19.9 Å². The Morgan fingerprint density at radius 2 is 2.10 bits per heavy atom. The molecule has 0 saturated carbocycles. The zero-order chi connectivity index (χ0) is 14.3. The van der Waals surface area contributed by atoms with Gasteiger partial charge in [0, 0.05) is 44.0 Å². The average molecular weight is 272 g/mol. The van der Waals surface area contributed by atoms with E-state index in [2.05, 4.69) is 10.6 Å². The van der Waals surface area contributed by atoms with Crippen molar-refractivity contribution < 1.29 is 9.18 Å². The molecule has 1 aromatic heterocycles. The van der Waals surface area contributed by atoms with Gasteiger partial charge in [-0.15, -0.1) is 0 Å². The number of rotatable bonds is 1. The number of fused-ring (bicyclic) bond motifs is 1. The molecular weight excluding hydrogens is 255 g/mol. The number of hydrogen-bond donors (Lipinski definition) is 0. The van der Waals surface area contributed by atoms with Crippen LogP contribution in [0.4, 0.5) is 4.39 Å². The highest BCUT2D eigenvalue weighted by atomic mass is 19.1. The molecule has 1 aliphatic rings. The van der Waals surface area contributed by atoms with E-state index in [1.54, 1.807) is 19.1 Å². The summed E-state index contributed by atoms with van der Waals surface area (Å²) in [5, 5.41) is 0. The summed E-state index contributed by atoms with van der Waals surface area (Å²) >= 11 is 0. The van der Waals surface area contributed by atoms with Crippen molar-refractivity contribution in [1.29, 1.82) is 0 Å². The standard InChI is InChI=1S/C16H17FN2O/c1-11-9-12(3-4-14(11)17)16(20)19-8-6-15-13(10-19)5-7-18(15)2/h3-5,7,9H,6,8,10H2,1-2H3. The Morgan fingerprint density at radius 1 is 1.30 bits per heavy atom. The number of aromatic nitrogens is 1. The Labute approximate surface area is 117 Å².